The van der Waals surface area contributed by atoms with Crippen LogP contribution in [0.2, 0.25) is 0 Å². The van der Waals surface area contributed by atoms with E-state index >= 15 is 0 Å². The number of furan rings is 1. The topological polar surface area (TPSA) is 110 Å². The van der Waals surface area contributed by atoms with E-state index in [1.807, 2.05) is 45.0 Å². The van der Waals surface area contributed by atoms with Gasteiger partial charge < -0.3 is 9.73 Å². The highest BCUT2D eigenvalue weighted by Crippen LogP contribution is 2.30. The Kier molecular flexibility index (Phi) is 7.00. The molecule has 0 spiro atoms. The van der Waals surface area contributed by atoms with Gasteiger partial charge in [-0.05, 0) is 75.7 Å². The van der Waals surface area contributed by atoms with Gasteiger partial charge in [0.05, 0.1) is 11.8 Å². The van der Waals surface area contributed by atoms with Crippen LogP contribution in [0.25, 0.3) is 11.0 Å². The van der Waals surface area contributed by atoms with Crippen molar-refractivity contribution in [3.8, 4) is 0 Å². The number of nitrogens with zero attached hydrogens (tertiary/aromatic N) is 4. The van der Waals surface area contributed by atoms with E-state index in [1.165, 1.54) is 22.8 Å². The van der Waals surface area contributed by atoms with Crippen molar-refractivity contribution in [2.24, 2.45) is 0 Å². The molecule has 0 radical (unpaired) electrons. The van der Waals surface area contributed by atoms with E-state index in [0.29, 0.717) is 34.5 Å². The summed E-state index contributed by atoms with van der Waals surface area (Å²) < 4.78 is 7.14. The molecule has 0 fully saturated rings. The quantitative estimate of drug-likeness (QED) is 0.352. The predicted molar refractivity (Wildman–Crippen MR) is 135 cm³/mol. The van der Waals surface area contributed by atoms with Gasteiger partial charge in [0, 0.05) is 16.8 Å². The van der Waals surface area contributed by atoms with Crippen molar-refractivity contribution in [1.82, 2.24) is 20.3 Å². The Morgan fingerprint density at radius 3 is 2.42 bits per heavy atom. The minimum absolute atomic E-state index is 0.0986. The Morgan fingerprint density at radius 2 is 1.78 bits per heavy atom. The largest absolute Gasteiger partial charge is 0.467 e. The molecule has 4 aromatic rings. The van der Waals surface area contributed by atoms with Crippen molar-refractivity contribution in [2.75, 3.05) is 4.90 Å². The number of nitrogens with one attached hydrogen (secondary N) is 1. The standard InChI is InChI=1S/C27H29N5O4/c1-5-27(3,4)28-26(35)25(23-11-8-16-36-23)32(20-14-12-19(13-15-20)18(2)33)24(34)17-31-22-10-7-6-9-21(22)29-30-31/h6-16,25H,5,17H2,1-4H3,(H,28,35)/t25-/m1/s1. The number of benzene rings is 2. The van der Waals surface area contributed by atoms with Gasteiger partial charge in [-0.3, -0.25) is 19.3 Å². The first-order valence-corrected chi connectivity index (χ1v) is 11.8. The number of para-hydroxylation sites is 1. The first-order chi connectivity index (χ1) is 17.2. The summed E-state index contributed by atoms with van der Waals surface area (Å²) in [6.07, 6.45) is 2.16. The Labute approximate surface area is 209 Å². The number of carbonyl (C=O) groups excluding carboxylic acids is 3. The van der Waals surface area contributed by atoms with E-state index in [1.54, 1.807) is 36.4 Å². The zero-order valence-corrected chi connectivity index (χ0v) is 20.8. The summed E-state index contributed by atoms with van der Waals surface area (Å²) in [5.74, 6) is -0.568. The van der Waals surface area contributed by atoms with Crippen LogP contribution in [-0.2, 0) is 16.1 Å². The second-order valence-electron chi connectivity index (χ2n) is 9.25. The van der Waals surface area contributed by atoms with Gasteiger partial charge in [0.25, 0.3) is 5.91 Å². The molecule has 1 N–H and O–H groups in total. The van der Waals surface area contributed by atoms with Crippen molar-refractivity contribution < 1.29 is 18.8 Å². The van der Waals surface area contributed by atoms with Crippen LogP contribution in [0.3, 0.4) is 0 Å². The number of ketones is 1. The van der Waals surface area contributed by atoms with Crippen LogP contribution in [0.1, 0.15) is 56.3 Å². The van der Waals surface area contributed by atoms with Gasteiger partial charge >= 0.3 is 0 Å². The fourth-order valence-corrected chi connectivity index (χ4v) is 3.84. The Balaban J connectivity index is 1.79. The first-order valence-electron chi connectivity index (χ1n) is 11.8. The zero-order valence-electron chi connectivity index (χ0n) is 20.8. The molecule has 36 heavy (non-hydrogen) atoms. The van der Waals surface area contributed by atoms with Gasteiger partial charge in [-0.25, -0.2) is 4.68 Å². The molecular formula is C27H29N5O4. The smallest absolute Gasteiger partial charge is 0.251 e. The fourth-order valence-electron chi connectivity index (χ4n) is 3.84. The molecule has 0 bridgehead atoms. The van der Waals surface area contributed by atoms with Crippen LogP contribution >= 0.6 is 0 Å². The minimum atomic E-state index is -1.09. The molecule has 0 unspecified atom stereocenters. The summed E-state index contributed by atoms with van der Waals surface area (Å²) in [5, 5.41) is 11.3. The lowest BCUT2D eigenvalue weighted by Crippen LogP contribution is -2.51. The molecule has 0 aliphatic rings. The second kappa shape index (κ2) is 10.2. The predicted octanol–water partition coefficient (Wildman–Crippen LogP) is 4.31. The van der Waals surface area contributed by atoms with Gasteiger partial charge in [0.1, 0.15) is 17.8 Å². The van der Waals surface area contributed by atoms with E-state index in [-0.39, 0.29) is 18.2 Å². The third kappa shape index (κ3) is 5.19. The normalized spacial score (nSPS) is 12.3. The van der Waals surface area contributed by atoms with Gasteiger partial charge in [0.15, 0.2) is 11.8 Å². The van der Waals surface area contributed by atoms with Crippen molar-refractivity contribution in [3.05, 3.63) is 78.3 Å². The number of carbonyl (C=O) groups is 3. The Bertz CT molecular complexity index is 1370. The minimum Gasteiger partial charge on any atom is -0.467 e. The molecule has 9 heteroatoms. The molecule has 0 aliphatic carbocycles. The fraction of sp³-hybridized carbons (Fsp3) is 0.296. The zero-order chi connectivity index (χ0) is 25.9. The molecule has 9 nitrogen and oxygen atoms in total. The lowest BCUT2D eigenvalue weighted by atomic mass is 10.0. The van der Waals surface area contributed by atoms with Crippen LogP contribution in [0, 0.1) is 0 Å². The molecular weight excluding hydrogens is 458 g/mol. The second-order valence-corrected chi connectivity index (χ2v) is 9.25. The number of hydrogen-bond acceptors (Lipinski definition) is 6. The average Bonchev–Trinajstić information content (AvgIpc) is 3.53. The van der Waals surface area contributed by atoms with Crippen molar-refractivity contribution in [3.63, 3.8) is 0 Å². The Hall–Kier alpha value is -4.27. The lowest BCUT2D eigenvalue weighted by Gasteiger charge is -2.33. The molecule has 2 amide bonds. The highest BCUT2D eigenvalue weighted by atomic mass is 16.3. The van der Waals surface area contributed by atoms with Crippen LogP contribution in [0.5, 0.6) is 0 Å². The number of aromatic nitrogens is 3. The number of Topliss-reactive ketones (excluding diaryl/α,β-unsaturated/α-hetero) is 1. The maximum Gasteiger partial charge on any atom is 0.251 e. The van der Waals surface area contributed by atoms with Crippen LogP contribution in [-0.4, -0.2) is 38.1 Å². The SMILES string of the molecule is CCC(C)(C)NC(=O)[C@@H](c1ccco1)N(C(=O)Cn1nnc2ccccc21)c1ccc(C(C)=O)cc1. The van der Waals surface area contributed by atoms with E-state index < -0.39 is 17.5 Å². The number of rotatable bonds is 9. The maximum absolute atomic E-state index is 13.9. The monoisotopic (exact) mass is 487 g/mol. The third-order valence-corrected chi connectivity index (χ3v) is 6.19. The Morgan fingerprint density at radius 1 is 1.06 bits per heavy atom. The van der Waals surface area contributed by atoms with E-state index in [4.69, 9.17) is 4.42 Å². The number of amides is 2. The van der Waals surface area contributed by atoms with Crippen molar-refractivity contribution in [1.29, 1.82) is 0 Å². The maximum atomic E-state index is 13.9. The summed E-state index contributed by atoms with van der Waals surface area (Å²) in [7, 11) is 0. The molecule has 0 aliphatic heterocycles. The van der Waals surface area contributed by atoms with Crippen molar-refractivity contribution in [2.45, 2.75) is 52.2 Å². The molecule has 1 atom stereocenters. The molecule has 0 saturated carbocycles. The number of fused-ring (bicyclic) bond motifs is 1. The van der Waals surface area contributed by atoms with E-state index in [2.05, 4.69) is 15.6 Å². The summed E-state index contributed by atoms with van der Waals surface area (Å²) in [6, 6.07) is 16.2. The molecule has 2 heterocycles. The summed E-state index contributed by atoms with van der Waals surface area (Å²) >= 11 is 0. The molecule has 2 aromatic carbocycles. The van der Waals surface area contributed by atoms with Gasteiger partial charge in [0.2, 0.25) is 5.91 Å². The van der Waals surface area contributed by atoms with Crippen LogP contribution < -0.4 is 10.2 Å². The van der Waals surface area contributed by atoms with Gasteiger partial charge in [-0.2, -0.15) is 0 Å². The summed E-state index contributed by atoms with van der Waals surface area (Å²) in [4.78, 5) is 40.8. The van der Waals surface area contributed by atoms with Gasteiger partial charge in [-0.1, -0.05) is 24.3 Å². The average molecular weight is 488 g/mol. The van der Waals surface area contributed by atoms with Crippen LogP contribution in [0.15, 0.2) is 71.3 Å². The highest BCUT2D eigenvalue weighted by molar-refractivity contribution is 6.02. The molecule has 0 saturated heterocycles. The van der Waals surface area contributed by atoms with E-state index in [9.17, 15) is 14.4 Å². The van der Waals surface area contributed by atoms with Crippen LogP contribution in [0.4, 0.5) is 5.69 Å². The summed E-state index contributed by atoms with van der Waals surface area (Å²) in [5.41, 5.74) is 1.80. The highest BCUT2D eigenvalue weighted by Gasteiger charge is 2.37. The van der Waals surface area contributed by atoms with E-state index in [0.717, 1.165) is 0 Å². The molecule has 4 rings (SSSR count). The molecule has 2 aromatic heterocycles. The lowest BCUT2D eigenvalue weighted by molar-refractivity contribution is -0.128. The first kappa shape index (κ1) is 24.8. The van der Waals surface area contributed by atoms with Crippen molar-refractivity contribution >= 4 is 34.3 Å². The molecule has 186 valence electrons. The third-order valence-electron chi connectivity index (χ3n) is 6.19. The van der Waals surface area contributed by atoms with Gasteiger partial charge in [-0.15, -0.1) is 5.10 Å². The number of hydrogen-bond donors (Lipinski definition) is 1. The summed E-state index contributed by atoms with van der Waals surface area (Å²) in [6.45, 7) is 7.12. The number of anilines is 1.